The molecule has 6 nitrogen and oxygen atoms in total. The van der Waals surface area contributed by atoms with Gasteiger partial charge in [-0.15, -0.1) is 0 Å². The van der Waals surface area contributed by atoms with Gasteiger partial charge < -0.3 is 15.2 Å². The van der Waals surface area contributed by atoms with Crippen LogP contribution in [-0.2, 0) is 14.3 Å². The Morgan fingerprint density at radius 1 is 1.48 bits per heavy atom. The monoisotopic (exact) mass is 292 g/mol. The quantitative estimate of drug-likeness (QED) is 0.792. The second-order valence-electron chi connectivity index (χ2n) is 5.28. The van der Waals surface area contributed by atoms with Crippen LogP contribution in [0.4, 0.5) is 5.69 Å². The number of anilines is 1. The molecule has 114 valence electrons. The van der Waals surface area contributed by atoms with Crippen molar-refractivity contribution < 1.29 is 19.4 Å². The van der Waals surface area contributed by atoms with Crippen LogP contribution in [0.2, 0.25) is 0 Å². The van der Waals surface area contributed by atoms with Gasteiger partial charge in [0, 0.05) is 18.7 Å². The number of β-amino-alcohol motifs (C(OH)–C–C–N with tert-alkyl or cyclic N) is 1. The lowest BCUT2D eigenvalue weighted by Gasteiger charge is -2.21. The minimum absolute atomic E-state index is 0.0464. The van der Waals surface area contributed by atoms with E-state index in [9.17, 15) is 14.7 Å². The fourth-order valence-electron chi connectivity index (χ4n) is 2.54. The smallest absolute Gasteiger partial charge is 0.323 e. The standard InChI is InChI=1S/C15H20N2O4/c1-10-4-3-5-11(6-10)16-14(19)9-17-8-12(18)7-13(17)15(20)21-2/h3-6,12-13,18H,7-9H2,1-2H3,(H,16,19). The van der Waals surface area contributed by atoms with Crippen molar-refractivity contribution in [2.24, 2.45) is 0 Å². The largest absolute Gasteiger partial charge is 0.468 e. The van der Waals surface area contributed by atoms with Gasteiger partial charge in [0.05, 0.1) is 19.8 Å². The number of benzene rings is 1. The molecule has 6 heteroatoms. The number of rotatable bonds is 4. The summed E-state index contributed by atoms with van der Waals surface area (Å²) in [7, 11) is 1.30. The zero-order valence-corrected chi connectivity index (χ0v) is 12.2. The number of carbonyl (C=O) groups is 2. The van der Waals surface area contributed by atoms with Crippen molar-refractivity contribution in [3.63, 3.8) is 0 Å². The van der Waals surface area contributed by atoms with Crippen LogP contribution < -0.4 is 5.32 Å². The van der Waals surface area contributed by atoms with Gasteiger partial charge in [-0.2, -0.15) is 0 Å². The minimum Gasteiger partial charge on any atom is -0.468 e. The Hall–Kier alpha value is -1.92. The fraction of sp³-hybridized carbons (Fsp3) is 0.467. The number of ether oxygens (including phenoxy) is 1. The number of nitrogens with one attached hydrogen (secondary N) is 1. The Kier molecular flexibility index (Phi) is 4.93. The zero-order chi connectivity index (χ0) is 15.4. The number of hydrogen-bond acceptors (Lipinski definition) is 5. The van der Waals surface area contributed by atoms with Crippen LogP contribution in [0.5, 0.6) is 0 Å². The van der Waals surface area contributed by atoms with Gasteiger partial charge in [-0.05, 0) is 24.6 Å². The zero-order valence-electron chi connectivity index (χ0n) is 12.2. The summed E-state index contributed by atoms with van der Waals surface area (Å²) >= 11 is 0. The van der Waals surface area contributed by atoms with E-state index >= 15 is 0 Å². The van der Waals surface area contributed by atoms with Crippen LogP contribution in [0, 0.1) is 6.92 Å². The van der Waals surface area contributed by atoms with Crippen molar-refractivity contribution in [1.29, 1.82) is 0 Å². The summed E-state index contributed by atoms with van der Waals surface area (Å²) < 4.78 is 4.70. The molecule has 2 rings (SSSR count). The molecule has 1 amide bonds. The first-order chi connectivity index (χ1) is 9.99. The van der Waals surface area contributed by atoms with E-state index in [-0.39, 0.29) is 12.5 Å². The Balaban J connectivity index is 1.96. The van der Waals surface area contributed by atoms with Gasteiger partial charge >= 0.3 is 5.97 Å². The average Bonchev–Trinajstić information content (AvgIpc) is 2.78. The second-order valence-corrected chi connectivity index (χ2v) is 5.28. The molecule has 2 N–H and O–H groups in total. The van der Waals surface area contributed by atoms with E-state index < -0.39 is 18.1 Å². The molecule has 1 aliphatic heterocycles. The molecule has 1 aromatic carbocycles. The Labute approximate surface area is 123 Å². The number of carbonyl (C=O) groups excluding carboxylic acids is 2. The van der Waals surface area contributed by atoms with E-state index in [1.165, 1.54) is 7.11 Å². The first-order valence-electron chi connectivity index (χ1n) is 6.86. The van der Waals surface area contributed by atoms with Crippen molar-refractivity contribution >= 4 is 17.6 Å². The number of hydrogen-bond donors (Lipinski definition) is 2. The molecule has 2 atom stereocenters. The summed E-state index contributed by atoms with van der Waals surface area (Å²) in [5.41, 5.74) is 1.77. The van der Waals surface area contributed by atoms with Crippen LogP contribution in [0.15, 0.2) is 24.3 Å². The number of amides is 1. The predicted molar refractivity (Wildman–Crippen MR) is 77.8 cm³/mol. The Bertz CT molecular complexity index is 532. The molecule has 21 heavy (non-hydrogen) atoms. The molecule has 0 spiro atoms. The summed E-state index contributed by atoms with van der Waals surface area (Å²) in [4.78, 5) is 25.3. The number of aliphatic hydroxyl groups excluding tert-OH is 1. The highest BCUT2D eigenvalue weighted by atomic mass is 16.5. The summed E-state index contributed by atoms with van der Waals surface area (Å²) in [5, 5.41) is 12.5. The SMILES string of the molecule is COC(=O)C1CC(O)CN1CC(=O)Nc1cccc(C)c1. The van der Waals surface area contributed by atoms with Gasteiger partial charge in [-0.25, -0.2) is 0 Å². The van der Waals surface area contributed by atoms with Crippen LogP contribution in [0.25, 0.3) is 0 Å². The second kappa shape index (κ2) is 6.69. The van der Waals surface area contributed by atoms with Gasteiger partial charge in [-0.1, -0.05) is 12.1 Å². The third-order valence-electron chi connectivity index (χ3n) is 3.50. The maximum absolute atomic E-state index is 12.1. The van der Waals surface area contributed by atoms with Crippen molar-refractivity contribution in [1.82, 2.24) is 4.90 Å². The minimum atomic E-state index is -0.610. The number of likely N-dealkylation sites (tertiary alicyclic amines) is 1. The Morgan fingerprint density at radius 3 is 2.90 bits per heavy atom. The van der Waals surface area contributed by atoms with Crippen LogP contribution in [-0.4, -0.2) is 54.2 Å². The molecule has 1 aliphatic rings. The van der Waals surface area contributed by atoms with Crippen LogP contribution in [0.3, 0.4) is 0 Å². The molecule has 0 aromatic heterocycles. The average molecular weight is 292 g/mol. The third-order valence-corrected chi connectivity index (χ3v) is 3.50. The van der Waals surface area contributed by atoms with E-state index in [0.717, 1.165) is 11.3 Å². The molecule has 0 radical (unpaired) electrons. The molecule has 1 heterocycles. The van der Waals surface area contributed by atoms with Crippen molar-refractivity contribution in [3.05, 3.63) is 29.8 Å². The molecule has 0 bridgehead atoms. The molecule has 0 saturated carbocycles. The maximum atomic E-state index is 12.1. The van der Waals surface area contributed by atoms with E-state index in [1.54, 1.807) is 4.90 Å². The summed E-state index contributed by atoms with van der Waals surface area (Å²) in [6.07, 6.45) is -0.314. The van der Waals surface area contributed by atoms with Crippen LogP contribution >= 0.6 is 0 Å². The van der Waals surface area contributed by atoms with Gasteiger partial charge in [0.25, 0.3) is 0 Å². The lowest BCUT2D eigenvalue weighted by molar-refractivity contribution is -0.146. The highest BCUT2D eigenvalue weighted by Gasteiger charge is 2.37. The van der Waals surface area contributed by atoms with Crippen LogP contribution in [0.1, 0.15) is 12.0 Å². The van der Waals surface area contributed by atoms with E-state index in [0.29, 0.717) is 13.0 Å². The molecule has 1 aromatic rings. The molecule has 1 saturated heterocycles. The number of esters is 1. The number of aryl methyl sites for hydroxylation is 1. The summed E-state index contributed by atoms with van der Waals surface area (Å²) in [6, 6.07) is 6.92. The van der Waals surface area contributed by atoms with Gasteiger partial charge in [0.1, 0.15) is 6.04 Å². The van der Waals surface area contributed by atoms with Gasteiger partial charge in [0.15, 0.2) is 0 Å². The number of aliphatic hydroxyl groups is 1. The van der Waals surface area contributed by atoms with E-state index in [1.807, 2.05) is 31.2 Å². The molecular weight excluding hydrogens is 272 g/mol. The number of nitrogens with zero attached hydrogens (tertiary/aromatic N) is 1. The van der Waals surface area contributed by atoms with Gasteiger partial charge in [-0.3, -0.25) is 14.5 Å². The topological polar surface area (TPSA) is 78.9 Å². The Morgan fingerprint density at radius 2 is 2.24 bits per heavy atom. The van der Waals surface area contributed by atoms with Crippen molar-refractivity contribution in [2.75, 3.05) is 25.5 Å². The normalized spacial score (nSPS) is 22.0. The molecule has 0 aliphatic carbocycles. The van der Waals surface area contributed by atoms with Crippen molar-refractivity contribution in [3.8, 4) is 0 Å². The van der Waals surface area contributed by atoms with Gasteiger partial charge in [0.2, 0.25) is 5.91 Å². The highest BCUT2D eigenvalue weighted by molar-refractivity contribution is 5.92. The van der Waals surface area contributed by atoms with E-state index in [2.05, 4.69) is 5.32 Å². The number of methoxy groups -OCH3 is 1. The van der Waals surface area contributed by atoms with Crippen molar-refractivity contribution in [2.45, 2.75) is 25.5 Å². The highest BCUT2D eigenvalue weighted by Crippen LogP contribution is 2.19. The molecule has 1 fully saturated rings. The first-order valence-corrected chi connectivity index (χ1v) is 6.86. The predicted octanol–water partition coefficient (Wildman–Crippen LogP) is 0.542. The molecular formula is C15H20N2O4. The molecule has 2 unspecified atom stereocenters. The maximum Gasteiger partial charge on any atom is 0.323 e. The summed E-state index contributed by atoms with van der Waals surface area (Å²) in [6.45, 7) is 2.28. The fourth-order valence-corrected chi connectivity index (χ4v) is 2.54. The lowest BCUT2D eigenvalue weighted by atomic mass is 10.2. The third kappa shape index (κ3) is 4.03. The first kappa shape index (κ1) is 15.5. The lowest BCUT2D eigenvalue weighted by Crippen LogP contribution is -2.41. The van der Waals surface area contributed by atoms with E-state index in [4.69, 9.17) is 4.74 Å². The summed E-state index contributed by atoms with van der Waals surface area (Å²) in [5.74, 6) is -0.640.